The van der Waals surface area contributed by atoms with Gasteiger partial charge in [0, 0.05) is 17.8 Å². The lowest BCUT2D eigenvalue weighted by molar-refractivity contribution is -0.384. The summed E-state index contributed by atoms with van der Waals surface area (Å²) in [4.78, 5) is 25.3. The monoisotopic (exact) mass is 392 g/mol. The fourth-order valence-corrected chi connectivity index (χ4v) is 2.42. The zero-order valence-corrected chi connectivity index (χ0v) is 15.1. The number of aromatic carboxylic acids is 1. The van der Waals surface area contributed by atoms with E-state index in [1.165, 1.54) is 36.7 Å². The number of hydrogen-bond donors (Lipinski definition) is 2. The minimum atomic E-state index is -0.986. The summed E-state index contributed by atoms with van der Waals surface area (Å²) in [5.74, 6) is -0.402. The van der Waals surface area contributed by atoms with E-state index in [9.17, 15) is 14.9 Å². The lowest BCUT2D eigenvalue weighted by Crippen LogP contribution is -2.01. The number of hydrogen-bond acceptors (Lipinski definition) is 7. The maximum atomic E-state index is 11.0. The van der Waals surface area contributed by atoms with Crippen molar-refractivity contribution in [3.05, 3.63) is 93.7 Å². The van der Waals surface area contributed by atoms with Crippen molar-refractivity contribution in [2.75, 3.05) is 5.43 Å². The normalized spacial score (nSPS) is 10.6. The molecule has 0 bridgehead atoms. The molecule has 0 radical (unpaired) electrons. The summed E-state index contributed by atoms with van der Waals surface area (Å²) in [7, 11) is 0. The third kappa shape index (κ3) is 5.13. The highest BCUT2D eigenvalue weighted by molar-refractivity contribution is 5.87. The smallest absolute Gasteiger partial charge is 0.335 e. The number of hydrazone groups is 1. The number of anilines is 1. The summed E-state index contributed by atoms with van der Waals surface area (Å²) in [5, 5.41) is 24.0. The van der Waals surface area contributed by atoms with Gasteiger partial charge in [0.1, 0.15) is 12.4 Å². The number of aromatic nitrogens is 1. The predicted molar refractivity (Wildman–Crippen MR) is 106 cm³/mol. The fraction of sp³-hybridized carbons (Fsp3) is 0.0500. The van der Waals surface area contributed by atoms with Gasteiger partial charge >= 0.3 is 11.7 Å². The first-order chi connectivity index (χ1) is 14.0. The Labute approximate surface area is 165 Å². The number of nitrogens with zero attached hydrogens (tertiary/aromatic N) is 3. The summed E-state index contributed by atoms with van der Waals surface area (Å²) in [6.45, 7) is 0.240. The van der Waals surface area contributed by atoms with Crippen molar-refractivity contribution in [2.45, 2.75) is 6.61 Å². The van der Waals surface area contributed by atoms with Gasteiger partial charge in [-0.05, 0) is 35.9 Å². The van der Waals surface area contributed by atoms with Gasteiger partial charge in [-0.15, -0.1) is 0 Å². The second kappa shape index (κ2) is 9.09. The van der Waals surface area contributed by atoms with Crippen LogP contribution in [-0.2, 0) is 6.61 Å². The molecule has 3 aromatic rings. The zero-order chi connectivity index (χ0) is 20.6. The lowest BCUT2D eigenvalue weighted by Gasteiger charge is -2.09. The maximum absolute atomic E-state index is 11.0. The molecule has 9 nitrogen and oxygen atoms in total. The molecular formula is C20H16N4O5. The van der Waals surface area contributed by atoms with Crippen LogP contribution in [0.15, 0.2) is 72.0 Å². The van der Waals surface area contributed by atoms with Crippen LogP contribution >= 0.6 is 0 Å². The fourth-order valence-electron chi connectivity index (χ4n) is 2.42. The number of nitrogens with one attached hydrogen (secondary N) is 1. The third-order valence-electron chi connectivity index (χ3n) is 3.87. The van der Waals surface area contributed by atoms with Crippen molar-refractivity contribution in [3.63, 3.8) is 0 Å². The molecule has 1 heterocycles. The van der Waals surface area contributed by atoms with E-state index in [4.69, 9.17) is 9.84 Å². The topological polar surface area (TPSA) is 127 Å². The number of carboxylic acid groups (broad SMARTS) is 1. The van der Waals surface area contributed by atoms with Crippen LogP contribution in [0.4, 0.5) is 11.5 Å². The molecule has 1 aromatic heterocycles. The Balaban J connectivity index is 1.68. The highest BCUT2D eigenvalue weighted by atomic mass is 16.6. The number of ether oxygens (including phenoxy) is 1. The van der Waals surface area contributed by atoms with Crippen LogP contribution in [0, 0.1) is 10.1 Å². The van der Waals surface area contributed by atoms with Gasteiger partial charge in [0.05, 0.1) is 16.7 Å². The van der Waals surface area contributed by atoms with Gasteiger partial charge in [-0.1, -0.05) is 24.3 Å². The molecule has 0 saturated carbocycles. The van der Waals surface area contributed by atoms with Gasteiger partial charge < -0.3 is 9.84 Å². The van der Waals surface area contributed by atoms with Gasteiger partial charge in [-0.25, -0.2) is 9.78 Å². The van der Waals surface area contributed by atoms with Crippen LogP contribution in [-0.4, -0.2) is 27.2 Å². The molecule has 0 aliphatic carbocycles. The van der Waals surface area contributed by atoms with Crippen LogP contribution in [0.3, 0.4) is 0 Å². The molecule has 0 saturated heterocycles. The average Bonchev–Trinajstić information content (AvgIpc) is 2.73. The third-order valence-corrected chi connectivity index (χ3v) is 3.87. The van der Waals surface area contributed by atoms with E-state index < -0.39 is 10.9 Å². The van der Waals surface area contributed by atoms with E-state index >= 15 is 0 Å². The zero-order valence-electron chi connectivity index (χ0n) is 15.1. The molecule has 0 aliphatic heterocycles. The second-order valence-electron chi connectivity index (χ2n) is 5.83. The number of para-hydroxylation sites is 1. The quantitative estimate of drug-likeness (QED) is 0.340. The predicted octanol–water partition coefficient (Wildman–Crippen LogP) is 3.71. The van der Waals surface area contributed by atoms with Crippen molar-refractivity contribution in [1.29, 1.82) is 0 Å². The number of nitro groups is 1. The van der Waals surface area contributed by atoms with Crippen LogP contribution in [0.5, 0.6) is 5.75 Å². The Morgan fingerprint density at radius 3 is 2.66 bits per heavy atom. The van der Waals surface area contributed by atoms with E-state index in [1.807, 2.05) is 0 Å². The molecule has 2 aromatic carbocycles. The summed E-state index contributed by atoms with van der Waals surface area (Å²) in [6.07, 6.45) is 2.90. The molecule has 146 valence electrons. The SMILES string of the molecule is O=C(O)c1ccc(COc2ccccc2C=NNc2ncccc2[N+](=O)[O-])cc1. The molecular weight excluding hydrogens is 376 g/mol. The molecule has 0 spiro atoms. The number of carbonyl (C=O) groups is 1. The molecule has 0 unspecified atom stereocenters. The largest absolute Gasteiger partial charge is 0.488 e. The van der Waals surface area contributed by atoms with E-state index in [2.05, 4.69) is 15.5 Å². The first-order valence-electron chi connectivity index (χ1n) is 8.47. The van der Waals surface area contributed by atoms with E-state index in [0.717, 1.165) is 5.56 Å². The van der Waals surface area contributed by atoms with Gasteiger partial charge in [-0.2, -0.15) is 5.10 Å². The summed E-state index contributed by atoms with van der Waals surface area (Å²) in [5.41, 5.74) is 4.05. The van der Waals surface area contributed by atoms with Gasteiger partial charge in [-0.3, -0.25) is 15.5 Å². The summed E-state index contributed by atoms with van der Waals surface area (Å²) < 4.78 is 5.80. The Morgan fingerprint density at radius 2 is 1.93 bits per heavy atom. The Bertz CT molecular complexity index is 1050. The van der Waals surface area contributed by atoms with E-state index in [0.29, 0.717) is 11.3 Å². The average molecular weight is 392 g/mol. The standard InChI is InChI=1S/C20H16N4O5/c25-20(26)15-9-7-14(8-10-15)13-29-18-6-2-1-4-16(18)12-22-23-19-17(24(27)28)5-3-11-21-19/h1-12H,13H2,(H,21,23)(H,25,26). The van der Waals surface area contributed by atoms with Gasteiger partial charge in [0.25, 0.3) is 0 Å². The first-order valence-corrected chi connectivity index (χ1v) is 8.47. The van der Waals surface area contributed by atoms with Crippen LogP contribution < -0.4 is 10.2 Å². The highest BCUT2D eigenvalue weighted by Gasteiger charge is 2.13. The number of benzene rings is 2. The lowest BCUT2D eigenvalue weighted by atomic mass is 10.1. The van der Waals surface area contributed by atoms with Crippen molar-refractivity contribution >= 4 is 23.7 Å². The highest BCUT2D eigenvalue weighted by Crippen LogP contribution is 2.21. The summed E-state index contributed by atoms with van der Waals surface area (Å²) >= 11 is 0. The minimum absolute atomic E-state index is 0.0330. The molecule has 9 heteroatoms. The second-order valence-corrected chi connectivity index (χ2v) is 5.83. The Morgan fingerprint density at radius 1 is 1.17 bits per heavy atom. The first kappa shape index (κ1) is 19.5. The summed E-state index contributed by atoms with van der Waals surface area (Å²) in [6, 6.07) is 16.3. The van der Waals surface area contributed by atoms with Gasteiger partial charge in [0.2, 0.25) is 5.82 Å². The Kier molecular flexibility index (Phi) is 6.11. The molecule has 0 fully saturated rings. The molecule has 29 heavy (non-hydrogen) atoms. The molecule has 2 N–H and O–H groups in total. The number of rotatable bonds is 8. The molecule has 3 rings (SSSR count). The molecule has 0 atom stereocenters. The Hall–Kier alpha value is -4.27. The van der Waals surface area contributed by atoms with Crippen LogP contribution in [0.2, 0.25) is 0 Å². The van der Waals surface area contributed by atoms with Crippen molar-refractivity contribution in [1.82, 2.24) is 4.98 Å². The maximum Gasteiger partial charge on any atom is 0.335 e. The molecule has 0 amide bonds. The van der Waals surface area contributed by atoms with Crippen molar-refractivity contribution < 1.29 is 19.6 Å². The van der Waals surface area contributed by atoms with Crippen LogP contribution in [0.25, 0.3) is 0 Å². The van der Waals surface area contributed by atoms with Crippen LogP contribution in [0.1, 0.15) is 21.5 Å². The van der Waals surface area contributed by atoms with E-state index in [1.54, 1.807) is 36.4 Å². The van der Waals surface area contributed by atoms with Gasteiger partial charge in [0.15, 0.2) is 0 Å². The number of carboxylic acids is 1. The minimum Gasteiger partial charge on any atom is -0.488 e. The molecule has 0 aliphatic rings. The van der Waals surface area contributed by atoms with E-state index in [-0.39, 0.29) is 23.7 Å². The van der Waals surface area contributed by atoms with Crippen molar-refractivity contribution in [2.24, 2.45) is 5.10 Å². The van der Waals surface area contributed by atoms with Crippen molar-refractivity contribution in [3.8, 4) is 5.75 Å². The number of pyridine rings is 1.